The first-order valence-electron chi connectivity index (χ1n) is 4.16. The fourth-order valence-electron chi connectivity index (χ4n) is 1.72. The molecule has 1 saturated heterocycles. The molecule has 1 heterocycles. The van der Waals surface area contributed by atoms with Gasteiger partial charge in [-0.2, -0.15) is 0 Å². The fraction of sp³-hybridized carbons (Fsp3) is 0.875. The van der Waals surface area contributed by atoms with E-state index in [0.717, 1.165) is 19.5 Å². The molecular formula is C8H16N2O2. The number of likely N-dealkylation sites (tertiary alicyclic amines) is 1. The average molecular weight is 172 g/mol. The molecule has 1 aliphatic heterocycles. The Hall–Kier alpha value is -0.610. The van der Waals surface area contributed by atoms with E-state index in [2.05, 4.69) is 10.2 Å². The van der Waals surface area contributed by atoms with Crippen molar-refractivity contribution < 1.29 is 9.90 Å². The molecule has 1 unspecified atom stereocenters. The van der Waals surface area contributed by atoms with Crippen molar-refractivity contribution in [3.05, 3.63) is 0 Å². The Balaban J connectivity index is 2.58. The molecule has 2 N–H and O–H groups in total. The van der Waals surface area contributed by atoms with Gasteiger partial charge in [-0.1, -0.05) is 0 Å². The van der Waals surface area contributed by atoms with Gasteiger partial charge in [0.1, 0.15) is 0 Å². The molecule has 0 bridgehead atoms. The van der Waals surface area contributed by atoms with E-state index in [-0.39, 0.29) is 18.1 Å². The number of likely N-dealkylation sites (N-methyl/N-ethyl adjacent to an activating group) is 1. The summed E-state index contributed by atoms with van der Waals surface area (Å²) >= 11 is 0. The Morgan fingerprint density at radius 2 is 2.42 bits per heavy atom. The van der Waals surface area contributed by atoms with E-state index in [9.17, 15) is 4.79 Å². The Morgan fingerprint density at radius 1 is 1.75 bits per heavy atom. The minimum Gasteiger partial charge on any atom is -0.394 e. The molecule has 12 heavy (non-hydrogen) atoms. The van der Waals surface area contributed by atoms with Crippen molar-refractivity contribution >= 4 is 5.91 Å². The van der Waals surface area contributed by atoms with Gasteiger partial charge in [-0.15, -0.1) is 0 Å². The second kappa shape index (κ2) is 3.41. The van der Waals surface area contributed by atoms with Crippen molar-refractivity contribution in [1.29, 1.82) is 0 Å². The highest BCUT2D eigenvalue weighted by Crippen LogP contribution is 2.18. The summed E-state index contributed by atoms with van der Waals surface area (Å²) in [4.78, 5) is 12.9. The first-order chi connectivity index (χ1) is 5.58. The van der Waals surface area contributed by atoms with E-state index in [1.165, 1.54) is 6.92 Å². The van der Waals surface area contributed by atoms with Crippen LogP contribution in [0.15, 0.2) is 0 Å². The van der Waals surface area contributed by atoms with Gasteiger partial charge in [0, 0.05) is 20.0 Å². The number of rotatable bonds is 2. The van der Waals surface area contributed by atoms with Crippen LogP contribution in [0, 0.1) is 0 Å². The summed E-state index contributed by atoms with van der Waals surface area (Å²) in [5.74, 6) is -0.0700. The van der Waals surface area contributed by atoms with Crippen LogP contribution in [0.4, 0.5) is 0 Å². The summed E-state index contributed by atoms with van der Waals surface area (Å²) in [5, 5.41) is 11.9. The van der Waals surface area contributed by atoms with Gasteiger partial charge in [-0.25, -0.2) is 0 Å². The summed E-state index contributed by atoms with van der Waals surface area (Å²) in [7, 11) is 1.99. The van der Waals surface area contributed by atoms with Crippen LogP contribution in [0.25, 0.3) is 0 Å². The molecule has 1 fully saturated rings. The van der Waals surface area contributed by atoms with Crippen molar-refractivity contribution in [3.63, 3.8) is 0 Å². The maximum atomic E-state index is 10.8. The van der Waals surface area contributed by atoms with Gasteiger partial charge in [-0.3, -0.25) is 4.79 Å². The van der Waals surface area contributed by atoms with Crippen molar-refractivity contribution in [2.24, 2.45) is 0 Å². The smallest absolute Gasteiger partial charge is 0.217 e. The summed E-state index contributed by atoms with van der Waals surface area (Å²) in [6, 6.07) is 0. The third-order valence-corrected chi connectivity index (χ3v) is 2.29. The fourth-order valence-corrected chi connectivity index (χ4v) is 1.72. The molecule has 0 saturated carbocycles. The molecule has 0 aromatic carbocycles. The Bertz CT molecular complexity index is 184. The Kier molecular flexibility index (Phi) is 2.69. The predicted octanol–water partition coefficient (Wildman–Crippen LogP) is -0.811. The molecule has 0 spiro atoms. The highest BCUT2D eigenvalue weighted by molar-refractivity contribution is 5.74. The second-order valence-electron chi connectivity index (χ2n) is 3.61. The van der Waals surface area contributed by atoms with E-state index in [4.69, 9.17) is 5.11 Å². The quantitative estimate of drug-likeness (QED) is 0.573. The normalized spacial score (nSPS) is 30.6. The number of nitrogens with zero attached hydrogens (tertiary/aromatic N) is 1. The molecule has 0 aromatic heterocycles. The van der Waals surface area contributed by atoms with Gasteiger partial charge in [0.2, 0.25) is 5.91 Å². The molecular weight excluding hydrogens is 156 g/mol. The van der Waals surface area contributed by atoms with Crippen molar-refractivity contribution in [3.8, 4) is 0 Å². The van der Waals surface area contributed by atoms with Crippen LogP contribution < -0.4 is 5.32 Å². The van der Waals surface area contributed by atoms with E-state index in [1.807, 2.05) is 7.05 Å². The minimum absolute atomic E-state index is 0.0247. The van der Waals surface area contributed by atoms with Crippen LogP contribution in [0.5, 0.6) is 0 Å². The van der Waals surface area contributed by atoms with Crippen LogP contribution in [-0.2, 0) is 4.79 Å². The second-order valence-corrected chi connectivity index (χ2v) is 3.61. The lowest BCUT2D eigenvalue weighted by atomic mass is 10.00. The van der Waals surface area contributed by atoms with Crippen molar-refractivity contribution in [1.82, 2.24) is 10.2 Å². The van der Waals surface area contributed by atoms with E-state index in [0.29, 0.717) is 0 Å². The van der Waals surface area contributed by atoms with Gasteiger partial charge < -0.3 is 15.3 Å². The summed E-state index contributed by atoms with van der Waals surface area (Å²) in [6.45, 7) is 3.18. The average Bonchev–Trinajstić information content (AvgIpc) is 2.32. The Morgan fingerprint density at radius 3 is 2.75 bits per heavy atom. The predicted molar refractivity (Wildman–Crippen MR) is 45.7 cm³/mol. The Labute approximate surface area is 72.6 Å². The lowest BCUT2D eigenvalue weighted by molar-refractivity contribution is -0.121. The van der Waals surface area contributed by atoms with E-state index in [1.54, 1.807) is 0 Å². The highest BCUT2D eigenvalue weighted by Gasteiger charge is 2.36. The van der Waals surface area contributed by atoms with E-state index < -0.39 is 0 Å². The molecule has 0 aromatic rings. The maximum Gasteiger partial charge on any atom is 0.217 e. The third kappa shape index (κ3) is 1.95. The highest BCUT2D eigenvalue weighted by atomic mass is 16.3. The minimum atomic E-state index is -0.388. The largest absolute Gasteiger partial charge is 0.394 e. The van der Waals surface area contributed by atoms with Gasteiger partial charge in [0.15, 0.2) is 0 Å². The third-order valence-electron chi connectivity index (χ3n) is 2.29. The van der Waals surface area contributed by atoms with Gasteiger partial charge in [0.25, 0.3) is 0 Å². The van der Waals surface area contributed by atoms with Crippen molar-refractivity contribution in [2.45, 2.75) is 18.9 Å². The number of nitrogens with one attached hydrogen (secondary N) is 1. The van der Waals surface area contributed by atoms with Crippen LogP contribution in [-0.4, -0.2) is 48.2 Å². The topological polar surface area (TPSA) is 52.6 Å². The zero-order valence-corrected chi connectivity index (χ0v) is 7.63. The van der Waals surface area contributed by atoms with Gasteiger partial charge in [-0.05, 0) is 13.5 Å². The summed E-state index contributed by atoms with van der Waals surface area (Å²) in [6.07, 6.45) is 0.833. The molecule has 0 aliphatic carbocycles. The molecule has 0 radical (unpaired) electrons. The van der Waals surface area contributed by atoms with Crippen molar-refractivity contribution in [2.75, 3.05) is 26.7 Å². The number of carbonyl (C=O) groups excluding carboxylic acids is 1. The molecule has 4 heteroatoms. The first kappa shape index (κ1) is 9.48. The van der Waals surface area contributed by atoms with E-state index >= 15 is 0 Å². The molecule has 1 rings (SSSR count). The number of aliphatic hydroxyl groups excluding tert-OH is 1. The first-order valence-corrected chi connectivity index (χ1v) is 4.16. The lowest BCUT2D eigenvalue weighted by Gasteiger charge is -2.27. The maximum absolute atomic E-state index is 10.8. The van der Waals surface area contributed by atoms with Crippen LogP contribution in [0.1, 0.15) is 13.3 Å². The summed E-state index contributed by atoms with van der Waals surface area (Å²) < 4.78 is 0. The SMILES string of the molecule is CC(=O)NC1(CO)CCN(C)C1. The number of hydrogen-bond donors (Lipinski definition) is 2. The zero-order valence-electron chi connectivity index (χ0n) is 7.63. The monoisotopic (exact) mass is 172 g/mol. The van der Waals surface area contributed by atoms with Crippen LogP contribution in [0.3, 0.4) is 0 Å². The standard InChI is InChI=1S/C8H16N2O2/c1-7(12)9-8(6-11)3-4-10(2)5-8/h11H,3-6H2,1-2H3,(H,9,12). The zero-order chi connectivity index (χ0) is 9.19. The number of amides is 1. The molecule has 1 aliphatic rings. The molecule has 1 atom stereocenters. The van der Waals surface area contributed by atoms with Gasteiger partial charge >= 0.3 is 0 Å². The van der Waals surface area contributed by atoms with Crippen LogP contribution >= 0.6 is 0 Å². The number of carbonyl (C=O) groups is 1. The number of hydrogen-bond acceptors (Lipinski definition) is 3. The molecule has 4 nitrogen and oxygen atoms in total. The summed E-state index contributed by atoms with van der Waals surface area (Å²) in [5.41, 5.74) is -0.388. The van der Waals surface area contributed by atoms with Gasteiger partial charge in [0.05, 0.1) is 12.1 Å². The molecule has 70 valence electrons. The number of aliphatic hydroxyl groups is 1. The van der Waals surface area contributed by atoms with Crippen LogP contribution in [0.2, 0.25) is 0 Å². The molecule has 1 amide bonds. The lowest BCUT2D eigenvalue weighted by Crippen LogP contribution is -2.52.